The van der Waals surface area contributed by atoms with Crippen LogP contribution >= 0.6 is 11.3 Å². The fourth-order valence-corrected chi connectivity index (χ4v) is 4.84. The molecule has 2 unspecified atom stereocenters. The molecule has 2 atom stereocenters. The van der Waals surface area contributed by atoms with Crippen LogP contribution in [-0.2, 0) is 11.0 Å². The van der Waals surface area contributed by atoms with Gasteiger partial charge in [-0.1, -0.05) is 6.42 Å². The number of piperazine rings is 1. The van der Waals surface area contributed by atoms with Gasteiger partial charge < -0.3 is 14.6 Å². The van der Waals surface area contributed by atoms with E-state index in [4.69, 9.17) is 9.25 Å². The second-order valence-electron chi connectivity index (χ2n) is 7.43. The molecule has 7 nitrogen and oxygen atoms in total. The molecule has 5 rings (SSSR count). The van der Waals surface area contributed by atoms with Crippen LogP contribution in [-0.4, -0.2) is 46.2 Å². The summed E-state index contributed by atoms with van der Waals surface area (Å²) in [5.74, 6) is -1.06. The number of hydrogen-bond acceptors (Lipinski definition) is 8. The first-order chi connectivity index (χ1) is 14.4. The highest BCUT2D eigenvalue weighted by Gasteiger charge is 2.41. The van der Waals surface area contributed by atoms with Gasteiger partial charge in [0.15, 0.2) is 12.0 Å². The van der Waals surface area contributed by atoms with E-state index >= 15 is 0 Å². The first-order valence-electron chi connectivity index (χ1n) is 9.50. The number of benzene rings is 1. The summed E-state index contributed by atoms with van der Waals surface area (Å²) < 4.78 is 47.0. The molecule has 2 saturated heterocycles. The highest BCUT2D eigenvalue weighted by molar-refractivity contribution is 7.13. The molecular formula is C19H17F3N4O3S. The SMILES string of the molecule is O=C(ON1CC2CCCC(C1)N2)c1cc(-c2nccs2)c2ocnc2c1C(F)(F)F. The van der Waals surface area contributed by atoms with Gasteiger partial charge in [0.1, 0.15) is 10.5 Å². The van der Waals surface area contributed by atoms with Crippen LogP contribution in [0.2, 0.25) is 0 Å². The van der Waals surface area contributed by atoms with Gasteiger partial charge in [-0.2, -0.15) is 13.2 Å². The Morgan fingerprint density at radius 3 is 2.70 bits per heavy atom. The van der Waals surface area contributed by atoms with Gasteiger partial charge in [0.2, 0.25) is 0 Å². The zero-order valence-electron chi connectivity index (χ0n) is 15.6. The van der Waals surface area contributed by atoms with Gasteiger partial charge in [0.05, 0.1) is 29.8 Å². The van der Waals surface area contributed by atoms with Crippen molar-refractivity contribution in [3.8, 4) is 10.6 Å². The van der Waals surface area contributed by atoms with E-state index < -0.39 is 28.8 Å². The Labute approximate surface area is 172 Å². The molecule has 158 valence electrons. The van der Waals surface area contributed by atoms with Crippen LogP contribution in [0, 0.1) is 0 Å². The molecule has 2 fully saturated rings. The summed E-state index contributed by atoms with van der Waals surface area (Å²) >= 11 is 1.22. The van der Waals surface area contributed by atoms with Crippen LogP contribution in [0.5, 0.6) is 0 Å². The number of carbonyl (C=O) groups excluding carboxylic acids is 1. The van der Waals surface area contributed by atoms with Crippen molar-refractivity contribution in [2.45, 2.75) is 37.5 Å². The van der Waals surface area contributed by atoms with E-state index in [9.17, 15) is 18.0 Å². The van der Waals surface area contributed by atoms with Crippen LogP contribution in [0.1, 0.15) is 35.2 Å². The van der Waals surface area contributed by atoms with E-state index in [0.29, 0.717) is 18.1 Å². The van der Waals surface area contributed by atoms with Crippen LogP contribution in [0.25, 0.3) is 21.7 Å². The third-order valence-corrected chi connectivity index (χ3v) is 6.22. The number of nitrogens with zero attached hydrogens (tertiary/aromatic N) is 3. The maximum Gasteiger partial charge on any atom is 0.419 e. The second kappa shape index (κ2) is 7.33. The van der Waals surface area contributed by atoms with Crippen molar-refractivity contribution in [3.63, 3.8) is 0 Å². The minimum atomic E-state index is -4.81. The summed E-state index contributed by atoms with van der Waals surface area (Å²) in [5, 5.41) is 7.01. The van der Waals surface area contributed by atoms with Crippen molar-refractivity contribution in [2.75, 3.05) is 13.1 Å². The van der Waals surface area contributed by atoms with Crippen molar-refractivity contribution in [1.29, 1.82) is 0 Å². The van der Waals surface area contributed by atoms with Crippen molar-refractivity contribution in [1.82, 2.24) is 20.3 Å². The van der Waals surface area contributed by atoms with Crippen molar-refractivity contribution in [2.24, 2.45) is 0 Å². The third kappa shape index (κ3) is 3.46. The molecule has 30 heavy (non-hydrogen) atoms. The van der Waals surface area contributed by atoms with E-state index in [1.165, 1.54) is 22.6 Å². The van der Waals surface area contributed by atoms with E-state index in [1.54, 1.807) is 5.38 Å². The molecule has 11 heteroatoms. The molecule has 0 aliphatic carbocycles. The highest BCUT2D eigenvalue weighted by Crippen LogP contribution is 2.41. The van der Waals surface area contributed by atoms with Gasteiger partial charge in [-0.3, -0.25) is 0 Å². The first kappa shape index (κ1) is 19.5. The van der Waals surface area contributed by atoms with Crippen LogP contribution in [0.15, 0.2) is 28.5 Å². The largest absolute Gasteiger partial charge is 0.443 e. The molecule has 4 heterocycles. The number of nitrogens with one attached hydrogen (secondary N) is 1. The molecule has 0 radical (unpaired) electrons. The van der Waals surface area contributed by atoms with Crippen molar-refractivity contribution < 1.29 is 27.2 Å². The molecule has 0 saturated carbocycles. The van der Waals surface area contributed by atoms with Gasteiger partial charge in [-0.25, -0.2) is 14.8 Å². The average Bonchev–Trinajstić information content (AvgIpc) is 3.37. The molecule has 0 spiro atoms. The summed E-state index contributed by atoms with van der Waals surface area (Å²) in [6, 6.07) is 1.47. The van der Waals surface area contributed by atoms with E-state index in [-0.39, 0.29) is 23.2 Å². The number of thiazole rings is 1. The number of piperidine rings is 1. The zero-order chi connectivity index (χ0) is 20.9. The number of fused-ring (bicyclic) bond motifs is 3. The summed E-state index contributed by atoms with van der Waals surface area (Å²) in [4.78, 5) is 26.2. The molecule has 0 amide bonds. The van der Waals surface area contributed by atoms with Crippen LogP contribution in [0.3, 0.4) is 0 Å². The number of halogens is 3. The lowest BCUT2D eigenvalue weighted by molar-refractivity contribution is -0.144. The maximum atomic E-state index is 13.9. The minimum absolute atomic E-state index is 0.0643. The van der Waals surface area contributed by atoms with Gasteiger partial charge in [0.25, 0.3) is 0 Å². The lowest BCUT2D eigenvalue weighted by Gasteiger charge is -2.41. The zero-order valence-corrected chi connectivity index (χ0v) is 16.4. The molecule has 1 N–H and O–H groups in total. The lowest BCUT2D eigenvalue weighted by Crippen LogP contribution is -2.58. The third-order valence-electron chi connectivity index (χ3n) is 5.41. The van der Waals surface area contributed by atoms with Gasteiger partial charge in [-0.05, 0) is 18.9 Å². The number of oxazole rings is 1. The number of hydroxylamine groups is 2. The maximum absolute atomic E-state index is 13.9. The van der Waals surface area contributed by atoms with E-state index in [0.717, 1.165) is 31.7 Å². The fraction of sp³-hybridized carbons (Fsp3) is 0.421. The van der Waals surface area contributed by atoms with Gasteiger partial charge in [0, 0.05) is 23.7 Å². The molecular weight excluding hydrogens is 421 g/mol. The summed E-state index contributed by atoms with van der Waals surface area (Å²) in [6.45, 7) is 0.879. The Hall–Kier alpha value is -2.50. The molecule has 1 aromatic carbocycles. The Morgan fingerprint density at radius 1 is 1.27 bits per heavy atom. The number of carbonyl (C=O) groups is 1. The summed E-state index contributed by atoms with van der Waals surface area (Å²) in [7, 11) is 0. The highest BCUT2D eigenvalue weighted by atomic mass is 32.1. The summed E-state index contributed by atoms with van der Waals surface area (Å²) in [6.07, 6.45) is 0.614. The van der Waals surface area contributed by atoms with Crippen molar-refractivity contribution >= 4 is 28.4 Å². The number of hydrogen-bond donors (Lipinski definition) is 1. The average molecular weight is 438 g/mol. The topological polar surface area (TPSA) is 80.5 Å². The molecule has 2 aliphatic rings. The monoisotopic (exact) mass is 438 g/mol. The molecule has 2 aliphatic heterocycles. The number of rotatable bonds is 3. The van der Waals surface area contributed by atoms with Gasteiger partial charge >= 0.3 is 12.1 Å². The van der Waals surface area contributed by atoms with Crippen LogP contribution < -0.4 is 5.32 Å². The second-order valence-corrected chi connectivity index (χ2v) is 8.32. The van der Waals surface area contributed by atoms with Gasteiger partial charge in [-0.15, -0.1) is 16.4 Å². The lowest BCUT2D eigenvalue weighted by atomic mass is 9.95. The predicted octanol–water partition coefficient (Wildman–Crippen LogP) is 3.87. The Balaban J connectivity index is 1.56. The molecule has 3 aromatic rings. The normalized spacial score (nSPS) is 22.4. The Kier molecular flexibility index (Phi) is 4.75. The molecule has 2 bridgehead atoms. The van der Waals surface area contributed by atoms with E-state index in [1.807, 2.05) is 0 Å². The quantitative estimate of drug-likeness (QED) is 0.665. The first-order valence-corrected chi connectivity index (χ1v) is 10.4. The predicted molar refractivity (Wildman–Crippen MR) is 102 cm³/mol. The number of alkyl halides is 3. The Morgan fingerprint density at radius 2 is 2.03 bits per heavy atom. The van der Waals surface area contributed by atoms with E-state index in [2.05, 4.69) is 15.3 Å². The van der Waals surface area contributed by atoms with Crippen molar-refractivity contribution in [3.05, 3.63) is 35.2 Å². The minimum Gasteiger partial charge on any atom is -0.443 e. The summed E-state index contributed by atoms with van der Waals surface area (Å²) in [5.41, 5.74) is -1.98. The number of aromatic nitrogens is 2. The smallest absolute Gasteiger partial charge is 0.419 e. The molecule has 2 aromatic heterocycles. The fourth-order valence-electron chi connectivity index (χ4n) is 4.19. The van der Waals surface area contributed by atoms with Crippen LogP contribution in [0.4, 0.5) is 13.2 Å². The standard InChI is InChI=1S/C19H17F3N4O3S/c20-19(21,22)14-12(18(27)29-26-7-10-2-1-3-11(8-26)25-10)6-13(17-23-4-5-30-17)16-15(14)24-9-28-16/h4-6,9-11,25H,1-3,7-8H2. The Bertz CT molecular complexity index is 1070.